The van der Waals surface area contributed by atoms with Gasteiger partial charge in [-0.1, -0.05) is 15.9 Å². The first-order chi connectivity index (χ1) is 11.5. The van der Waals surface area contributed by atoms with Crippen LogP contribution in [-0.4, -0.2) is 79.3 Å². The largest absolute Gasteiger partial charge is 0.508 e. The minimum absolute atomic E-state index is 0.0450. The van der Waals surface area contributed by atoms with Crippen LogP contribution in [0.1, 0.15) is 12.0 Å². The smallest absolute Gasteiger partial charge is 0.319 e. The topological polar surface area (TPSA) is 56.3 Å². The van der Waals surface area contributed by atoms with Crippen molar-refractivity contribution in [3.8, 4) is 5.75 Å². The molecule has 2 rings (SSSR count). The van der Waals surface area contributed by atoms with Crippen LogP contribution in [0.5, 0.6) is 5.75 Å². The number of amides is 2. The van der Waals surface area contributed by atoms with E-state index in [0.717, 1.165) is 49.3 Å². The lowest BCUT2D eigenvalue weighted by Crippen LogP contribution is -2.41. The number of carbonyl (C=O) groups excluding carboxylic acids is 1. The van der Waals surface area contributed by atoms with E-state index in [9.17, 15) is 9.90 Å². The van der Waals surface area contributed by atoms with Crippen molar-refractivity contribution in [1.82, 2.24) is 14.7 Å². The van der Waals surface area contributed by atoms with Gasteiger partial charge < -0.3 is 19.6 Å². The molecule has 1 saturated heterocycles. The summed E-state index contributed by atoms with van der Waals surface area (Å²) in [5.41, 5.74) is 0.742. The van der Waals surface area contributed by atoms with Gasteiger partial charge in [0.25, 0.3) is 0 Å². The van der Waals surface area contributed by atoms with E-state index in [2.05, 4.69) is 20.8 Å². The molecular formula is C17H26BrN3O3. The summed E-state index contributed by atoms with van der Waals surface area (Å²) in [6.07, 6.45) is 0.897. The third-order valence-corrected chi connectivity index (χ3v) is 4.56. The Morgan fingerprint density at radius 2 is 2.04 bits per heavy atom. The number of hydrogen-bond acceptors (Lipinski definition) is 4. The molecule has 0 atom stereocenters. The summed E-state index contributed by atoms with van der Waals surface area (Å²) in [5, 5.41) is 10.0. The Balaban J connectivity index is 1.96. The summed E-state index contributed by atoms with van der Waals surface area (Å²) >= 11 is 3.41. The zero-order valence-corrected chi connectivity index (χ0v) is 16.0. The molecule has 1 fully saturated rings. The highest BCUT2D eigenvalue weighted by atomic mass is 79.9. The monoisotopic (exact) mass is 399 g/mol. The maximum atomic E-state index is 12.5. The quantitative estimate of drug-likeness (QED) is 0.797. The van der Waals surface area contributed by atoms with Gasteiger partial charge in [-0.25, -0.2) is 4.79 Å². The van der Waals surface area contributed by atoms with Gasteiger partial charge in [-0.2, -0.15) is 0 Å². The average molecular weight is 400 g/mol. The second kappa shape index (κ2) is 9.25. The van der Waals surface area contributed by atoms with Crippen molar-refractivity contribution in [3.05, 3.63) is 28.2 Å². The Labute approximate surface area is 152 Å². The van der Waals surface area contributed by atoms with Crippen LogP contribution < -0.4 is 0 Å². The fourth-order valence-electron chi connectivity index (χ4n) is 2.72. The van der Waals surface area contributed by atoms with Gasteiger partial charge in [0, 0.05) is 50.3 Å². The summed E-state index contributed by atoms with van der Waals surface area (Å²) in [5.74, 6) is 0.211. The van der Waals surface area contributed by atoms with Crippen molar-refractivity contribution in [3.63, 3.8) is 0 Å². The van der Waals surface area contributed by atoms with Crippen LogP contribution in [0.3, 0.4) is 0 Å². The molecule has 2 amide bonds. The fraction of sp³-hybridized carbons (Fsp3) is 0.588. The van der Waals surface area contributed by atoms with Crippen LogP contribution in [0.15, 0.2) is 22.7 Å². The van der Waals surface area contributed by atoms with Gasteiger partial charge in [-0.3, -0.25) is 4.90 Å². The van der Waals surface area contributed by atoms with Gasteiger partial charge in [0.15, 0.2) is 0 Å². The molecule has 1 aromatic rings. The van der Waals surface area contributed by atoms with Gasteiger partial charge >= 0.3 is 6.03 Å². The van der Waals surface area contributed by atoms with Crippen LogP contribution in [0.4, 0.5) is 4.79 Å². The first-order valence-corrected chi connectivity index (χ1v) is 9.00. The fourth-order valence-corrected chi connectivity index (χ4v) is 3.13. The van der Waals surface area contributed by atoms with E-state index >= 15 is 0 Å². The zero-order valence-electron chi connectivity index (χ0n) is 14.4. The lowest BCUT2D eigenvalue weighted by Gasteiger charge is -2.29. The molecule has 1 heterocycles. The molecule has 7 heteroatoms. The first-order valence-electron chi connectivity index (χ1n) is 8.21. The van der Waals surface area contributed by atoms with Crippen molar-refractivity contribution >= 4 is 22.0 Å². The minimum Gasteiger partial charge on any atom is -0.508 e. The number of carbonyl (C=O) groups is 1. The number of benzene rings is 1. The van der Waals surface area contributed by atoms with Gasteiger partial charge in [-0.15, -0.1) is 0 Å². The molecule has 0 aromatic heterocycles. The van der Waals surface area contributed by atoms with Crippen LogP contribution in [0.25, 0.3) is 0 Å². The van der Waals surface area contributed by atoms with Crippen molar-refractivity contribution in [1.29, 1.82) is 0 Å². The molecule has 1 aromatic carbocycles. The normalized spacial score (nSPS) is 15.3. The number of nitrogens with zero attached hydrogens (tertiary/aromatic N) is 3. The zero-order chi connectivity index (χ0) is 17.5. The van der Waals surface area contributed by atoms with E-state index in [0.29, 0.717) is 13.1 Å². The molecular weight excluding hydrogens is 374 g/mol. The van der Waals surface area contributed by atoms with Gasteiger partial charge in [0.05, 0.1) is 19.8 Å². The van der Waals surface area contributed by atoms with E-state index in [-0.39, 0.29) is 11.8 Å². The number of morpholine rings is 1. The predicted octanol–water partition coefficient (Wildman–Crippen LogP) is 2.36. The third-order valence-electron chi connectivity index (χ3n) is 4.06. The molecule has 0 radical (unpaired) electrons. The lowest BCUT2D eigenvalue weighted by atomic mass is 10.2. The van der Waals surface area contributed by atoms with Crippen LogP contribution in [-0.2, 0) is 11.3 Å². The summed E-state index contributed by atoms with van der Waals surface area (Å²) in [6, 6.07) is 5.24. The van der Waals surface area contributed by atoms with Crippen molar-refractivity contribution in [2.24, 2.45) is 0 Å². The number of halogens is 1. The SMILES string of the molecule is CN(C)C(=O)N(CCCN1CCOCC1)Cc1cc(Br)ccc1O. The van der Waals surface area contributed by atoms with E-state index < -0.39 is 0 Å². The van der Waals surface area contributed by atoms with Crippen LogP contribution >= 0.6 is 15.9 Å². The number of hydrogen-bond donors (Lipinski definition) is 1. The van der Waals surface area contributed by atoms with Crippen molar-refractivity contribution in [2.75, 3.05) is 53.5 Å². The van der Waals surface area contributed by atoms with Gasteiger partial charge in [0.1, 0.15) is 5.75 Å². The second-order valence-corrected chi connectivity index (χ2v) is 7.09. The van der Waals surface area contributed by atoms with E-state index in [1.807, 2.05) is 6.07 Å². The molecule has 0 aliphatic carbocycles. The molecule has 1 aliphatic heterocycles. The van der Waals surface area contributed by atoms with E-state index in [4.69, 9.17) is 4.74 Å². The highest BCUT2D eigenvalue weighted by molar-refractivity contribution is 9.10. The standard InChI is InChI=1S/C17H26BrN3O3/c1-19(2)17(23)21(7-3-6-20-8-10-24-11-9-20)13-14-12-15(18)4-5-16(14)22/h4-5,12,22H,3,6-11,13H2,1-2H3. The Morgan fingerprint density at radius 3 is 2.71 bits per heavy atom. The number of aromatic hydroxyl groups is 1. The average Bonchev–Trinajstić information content (AvgIpc) is 2.57. The number of ether oxygens (including phenoxy) is 1. The van der Waals surface area contributed by atoms with Crippen LogP contribution in [0.2, 0.25) is 0 Å². The van der Waals surface area contributed by atoms with E-state index in [1.54, 1.807) is 36.0 Å². The summed E-state index contributed by atoms with van der Waals surface area (Å²) in [4.78, 5) is 18.2. The number of rotatable bonds is 6. The number of urea groups is 1. The summed E-state index contributed by atoms with van der Waals surface area (Å²) in [6.45, 7) is 5.47. The van der Waals surface area contributed by atoms with Crippen LogP contribution in [0, 0.1) is 0 Å². The van der Waals surface area contributed by atoms with Gasteiger partial charge in [-0.05, 0) is 24.6 Å². The Bertz CT molecular complexity index is 548. The maximum absolute atomic E-state index is 12.5. The summed E-state index contributed by atoms with van der Waals surface area (Å²) in [7, 11) is 3.50. The predicted molar refractivity (Wildman–Crippen MR) is 97.2 cm³/mol. The van der Waals surface area contributed by atoms with Gasteiger partial charge in [0.2, 0.25) is 0 Å². The van der Waals surface area contributed by atoms with E-state index in [1.165, 1.54) is 0 Å². The van der Waals surface area contributed by atoms with Crippen molar-refractivity contribution in [2.45, 2.75) is 13.0 Å². The Kier molecular flexibility index (Phi) is 7.33. The molecule has 0 spiro atoms. The second-order valence-electron chi connectivity index (χ2n) is 6.18. The number of phenolic OH excluding ortho intramolecular Hbond substituents is 1. The third kappa shape index (κ3) is 5.65. The molecule has 24 heavy (non-hydrogen) atoms. The molecule has 1 N–H and O–H groups in total. The minimum atomic E-state index is -0.0450. The molecule has 1 aliphatic rings. The highest BCUT2D eigenvalue weighted by Gasteiger charge is 2.18. The lowest BCUT2D eigenvalue weighted by molar-refractivity contribution is 0.0362. The first kappa shape index (κ1) is 19.0. The number of phenols is 1. The maximum Gasteiger partial charge on any atom is 0.319 e. The van der Waals surface area contributed by atoms with Crippen molar-refractivity contribution < 1.29 is 14.6 Å². The molecule has 0 unspecified atom stereocenters. The molecule has 134 valence electrons. The highest BCUT2D eigenvalue weighted by Crippen LogP contribution is 2.23. The summed E-state index contributed by atoms with van der Waals surface area (Å²) < 4.78 is 6.24. The molecule has 0 bridgehead atoms. The molecule has 0 saturated carbocycles. The Hall–Kier alpha value is -1.31. The molecule has 6 nitrogen and oxygen atoms in total. The Morgan fingerprint density at radius 1 is 1.33 bits per heavy atom.